The number of phenolic OH excluding ortho intramolecular Hbond substituents is 1. The van der Waals surface area contributed by atoms with Gasteiger partial charge in [0.2, 0.25) is 0 Å². The van der Waals surface area contributed by atoms with Gasteiger partial charge in [-0.15, -0.1) is 0 Å². The lowest BCUT2D eigenvalue weighted by atomic mass is 10.0. The Labute approximate surface area is 104 Å². The minimum Gasteiger partial charge on any atom is -0.508 e. The zero-order chi connectivity index (χ0) is 13.9. The van der Waals surface area contributed by atoms with E-state index in [-0.39, 0.29) is 16.5 Å². The van der Waals surface area contributed by atoms with E-state index in [1.54, 1.807) is 6.92 Å². The van der Waals surface area contributed by atoms with E-state index in [0.717, 1.165) is 6.07 Å². The first-order chi connectivity index (χ1) is 8.54. The highest BCUT2D eigenvalue weighted by Gasteiger charge is 2.15. The Bertz CT molecular complexity index is 565. The van der Waals surface area contributed by atoms with Crippen LogP contribution in [0, 0.1) is 17.5 Å². The Morgan fingerprint density at radius 3 is 2.17 bits per heavy atom. The number of benzene rings is 2. The first-order valence-corrected chi connectivity index (χ1v) is 5.83. The Morgan fingerprint density at radius 2 is 1.61 bits per heavy atom. The van der Waals surface area contributed by atoms with Crippen LogP contribution in [0.4, 0.5) is 13.2 Å². The fraction of sp³-hybridized carbons (Fsp3) is 0.286. The van der Waals surface area contributed by atoms with Crippen molar-refractivity contribution < 1.29 is 18.3 Å². The van der Waals surface area contributed by atoms with Gasteiger partial charge in [0, 0.05) is 16.8 Å². The summed E-state index contributed by atoms with van der Waals surface area (Å²) in [5.41, 5.74) is 0.380. The third-order valence-electron chi connectivity index (χ3n) is 2.53. The molecular weight excluding hydrogens is 241 g/mol. The molecule has 4 heteroatoms. The highest BCUT2D eigenvalue weighted by atomic mass is 19.2. The molecule has 0 aliphatic heterocycles. The second kappa shape index (κ2) is 5.76. The van der Waals surface area contributed by atoms with E-state index in [0.29, 0.717) is 18.1 Å². The number of rotatable bonds is 1. The van der Waals surface area contributed by atoms with Crippen molar-refractivity contribution in [1.82, 2.24) is 0 Å². The molecule has 0 bridgehead atoms. The number of aromatic hydroxyl groups is 1. The summed E-state index contributed by atoms with van der Waals surface area (Å²) in [5.74, 6) is -3.33. The molecule has 0 heterocycles. The third-order valence-corrected chi connectivity index (χ3v) is 2.53. The summed E-state index contributed by atoms with van der Waals surface area (Å²) in [4.78, 5) is 0. The summed E-state index contributed by atoms with van der Waals surface area (Å²) in [6.45, 7) is 5.72. The average Bonchev–Trinajstić information content (AvgIpc) is 2.37. The van der Waals surface area contributed by atoms with Crippen LogP contribution in [0.5, 0.6) is 5.75 Å². The largest absolute Gasteiger partial charge is 0.508 e. The first kappa shape index (κ1) is 14.4. The molecule has 0 spiro atoms. The Kier molecular flexibility index (Phi) is 4.59. The standard InChI is InChI=1S/C12H9F3O.C2H6/c1-2-6-3-7(16)4-8-9(13)5-10(14)12(15)11(6)8;1-2/h3-5,16H,2H2,1H3;1-2H3. The van der Waals surface area contributed by atoms with Crippen LogP contribution >= 0.6 is 0 Å². The van der Waals surface area contributed by atoms with E-state index in [1.807, 2.05) is 13.8 Å². The summed E-state index contributed by atoms with van der Waals surface area (Å²) in [6.07, 6.45) is 0.380. The van der Waals surface area contributed by atoms with Crippen molar-refractivity contribution in [1.29, 1.82) is 0 Å². The number of aryl methyl sites for hydroxylation is 1. The van der Waals surface area contributed by atoms with Crippen LogP contribution in [0.3, 0.4) is 0 Å². The molecule has 98 valence electrons. The highest BCUT2D eigenvalue weighted by molar-refractivity contribution is 5.88. The van der Waals surface area contributed by atoms with Crippen LogP contribution in [-0.2, 0) is 6.42 Å². The van der Waals surface area contributed by atoms with E-state index in [4.69, 9.17) is 0 Å². The van der Waals surface area contributed by atoms with Crippen molar-refractivity contribution in [2.75, 3.05) is 0 Å². The van der Waals surface area contributed by atoms with E-state index < -0.39 is 17.5 Å². The SMILES string of the molecule is CC.CCc1cc(O)cc2c(F)cc(F)c(F)c12. The lowest BCUT2D eigenvalue weighted by Gasteiger charge is -2.08. The van der Waals surface area contributed by atoms with Gasteiger partial charge in [-0.25, -0.2) is 13.2 Å². The normalized spacial score (nSPS) is 10.1. The van der Waals surface area contributed by atoms with Gasteiger partial charge in [0.05, 0.1) is 0 Å². The number of halogens is 3. The second-order valence-corrected chi connectivity index (χ2v) is 3.54. The topological polar surface area (TPSA) is 20.2 Å². The molecule has 1 nitrogen and oxygen atoms in total. The van der Waals surface area contributed by atoms with Crippen molar-refractivity contribution in [3.8, 4) is 5.75 Å². The van der Waals surface area contributed by atoms with E-state index >= 15 is 0 Å². The van der Waals surface area contributed by atoms with E-state index in [9.17, 15) is 18.3 Å². The van der Waals surface area contributed by atoms with Crippen molar-refractivity contribution in [2.24, 2.45) is 0 Å². The van der Waals surface area contributed by atoms with Gasteiger partial charge in [0.15, 0.2) is 11.6 Å². The molecule has 0 radical (unpaired) electrons. The minimum absolute atomic E-state index is 0.0993. The Balaban J connectivity index is 0.000000771. The number of hydrogen-bond acceptors (Lipinski definition) is 1. The monoisotopic (exact) mass is 256 g/mol. The van der Waals surface area contributed by atoms with Crippen molar-refractivity contribution in [3.63, 3.8) is 0 Å². The molecule has 0 aromatic heterocycles. The molecule has 2 rings (SSSR count). The maximum atomic E-state index is 13.5. The predicted molar refractivity (Wildman–Crippen MR) is 66.2 cm³/mol. The third kappa shape index (κ3) is 2.42. The maximum Gasteiger partial charge on any atom is 0.167 e. The lowest BCUT2D eigenvalue weighted by Crippen LogP contribution is -1.95. The Morgan fingerprint density at radius 1 is 1.00 bits per heavy atom. The van der Waals surface area contributed by atoms with Crippen molar-refractivity contribution in [3.05, 3.63) is 41.2 Å². The van der Waals surface area contributed by atoms with Crippen molar-refractivity contribution >= 4 is 10.8 Å². The fourth-order valence-electron chi connectivity index (χ4n) is 1.78. The molecular formula is C14H15F3O. The summed E-state index contributed by atoms with van der Waals surface area (Å²) in [7, 11) is 0. The highest BCUT2D eigenvalue weighted by Crippen LogP contribution is 2.30. The smallest absolute Gasteiger partial charge is 0.167 e. The van der Waals surface area contributed by atoms with Gasteiger partial charge in [-0.1, -0.05) is 20.8 Å². The first-order valence-electron chi connectivity index (χ1n) is 5.83. The summed E-state index contributed by atoms with van der Waals surface area (Å²) in [5, 5.41) is 9.14. The van der Waals surface area contributed by atoms with Crippen LogP contribution in [0.1, 0.15) is 26.3 Å². The molecule has 0 aliphatic carbocycles. The minimum atomic E-state index is -1.22. The van der Waals surface area contributed by atoms with Gasteiger partial charge in [-0.2, -0.15) is 0 Å². The van der Waals surface area contributed by atoms with Crippen LogP contribution in [-0.4, -0.2) is 5.11 Å². The maximum absolute atomic E-state index is 13.5. The Hall–Kier alpha value is -1.71. The van der Waals surface area contributed by atoms with Gasteiger partial charge >= 0.3 is 0 Å². The molecule has 1 N–H and O–H groups in total. The summed E-state index contributed by atoms with van der Waals surface area (Å²) >= 11 is 0. The molecule has 0 saturated carbocycles. The van der Waals surface area contributed by atoms with Gasteiger partial charge in [0.25, 0.3) is 0 Å². The predicted octanol–water partition coefficient (Wildman–Crippen LogP) is 4.55. The van der Waals surface area contributed by atoms with Crippen LogP contribution < -0.4 is 0 Å². The number of hydrogen-bond donors (Lipinski definition) is 1. The molecule has 0 aliphatic rings. The molecule has 2 aromatic rings. The van der Waals surface area contributed by atoms with E-state index in [2.05, 4.69) is 0 Å². The van der Waals surface area contributed by atoms with Gasteiger partial charge in [-0.3, -0.25) is 0 Å². The molecule has 18 heavy (non-hydrogen) atoms. The summed E-state index contributed by atoms with van der Waals surface area (Å²) in [6, 6.07) is 2.88. The second-order valence-electron chi connectivity index (χ2n) is 3.54. The molecule has 0 atom stereocenters. The molecule has 0 fully saturated rings. The molecule has 0 saturated heterocycles. The van der Waals surface area contributed by atoms with E-state index in [1.165, 1.54) is 6.07 Å². The van der Waals surface area contributed by atoms with Crippen LogP contribution in [0.25, 0.3) is 10.8 Å². The molecule has 2 aromatic carbocycles. The van der Waals surface area contributed by atoms with Crippen LogP contribution in [0.15, 0.2) is 18.2 Å². The van der Waals surface area contributed by atoms with Crippen molar-refractivity contribution in [2.45, 2.75) is 27.2 Å². The van der Waals surface area contributed by atoms with Gasteiger partial charge in [-0.05, 0) is 24.1 Å². The number of phenols is 1. The number of fused-ring (bicyclic) bond motifs is 1. The average molecular weight is 256 g/mol. The summed E-state index contributed by atoms with van der Waals surface area (Å²) < 4.78 is 40.0. The zero-order valence-electron chi connectivity index (χ0n) is 10.5. The fourth-order valence-corrected chi connectivity index (χ4v) is 1.78. The van der Waals surface area contributed by atoms with Gasteiger partial charge in [0.1, 0.15) is 11.6 Å². The van der Waals surface area contributed by atoms with Gasteiger partial charge < -0.3 is 5.11 Å². The molecule has 0 unspecified atom stereocenters. The lowest BCUT2D eigenvalue weighted by molar-refractivity contribution is 0.474. The quantitative estimate of drug-likeness (QED) is 0.742. The van der Waals surface area contributed by atoms with Crippen LogP contribution in [0.2, 0.25) is 0 Å². The molecule has 0 amide bonds. The zero-order valence-corrected chi connectivity index (χ0v) is 10.5.